The van der Waals surface area contributed by atoms with Crippen LogP contribution in [0.3, 0.4) is 0 Å². The third-order valence-corrected chi connectivity index (χ3v) is 8.26. The van der Waals surface area contributed by atoms with Gasteiger partial charge in [-0.05, 0) is 67.0 Å². The molecule has 2 saturated heterocycles. The summed E-state index contributed by atoms with van der Waals surface area (Å²) in [5.74, 6) is 1.51. The molecule has 3 aliphatic heterocycles. The van der Waals surface area contributed by atoms with E-state index in [4.69, 9.17) is 37.8 Å². The van der Waals surface area contributed by atoms with Crippen LogP contribution in [0.1, 0.15) is 30.4 Å². The van der Waals surface area contributed by atoms with E-state index in [1.54, 1.807) is 0 Å². The molecule has 2 fully saturated rings. The lowest BCUT2D eigenvalue weighted by molar-refractivity contribution is -0.124. The molecule has 188 valence electrons. The van der Waals surface area contributed by atoms with Crippen LogP contribution in [0.25, 0.3) is 10.9 Å². The number of halogens is 1. The summed E-state index contributed by atoms with van der Waals surface area (Å²) in [6.45, 7) is 3.79. The quantitative estimate of drug-likeness (QED) is 0.521. The number of carbonyl (C=O) groups excluding carboxylic acids is 1. The predicted molar refractivity (Wildman–Crippen MR) is 142 cm³/mol. The second kappa shape index (κ2) is 9.41. The molecule has 2 aromatic carbocycles. The van der Waals surface area contributed by atoms with Crippen molar-refractivity contribution in [2.45, 2.75) is 38.3 Å². The highest BCUT2D eigenvalue weighted by atomic mass is 35.5. The number of nitrogens with zero attached hydrogens (tertiary/aromatic N) is 4. The molecule has 0 bridgehead atoms. The number of nitrogens with two attached hydrogens (primary N) is 2. The minimum absolute atomic E-state index is 0.0734. The maximum absolute atomic E-state index is 11.9. The largest absolute Gasteiger partial charge is 0.398 e. The van der Waals surface area contributed by atoms with E-state index in [0.29, 0.717) is 30.0 Å². The number of hydrogen-bond donors (Lipinski definition) is 2. The van der Waals surface area contributed by atoms with Gasteiger partial charge in [0.1, 0.15) is 5.82 Å². The first-order valence-corrected chi connectivity index (χ1v) is 13.1. The fourth-order valence-corrected chi connectivity index (χ4v) is 6.22. The Kier molecular flexibility index (Phi) is 6.09. The summed E-state index contributed by atoms with van der Waals surface area (Å²) in [4.78, 5) is 26.4. The van der Waals surface area contributed by atoms with Gasteiger partial charge in [-0.3, -0.25) is 4.79 Å². The fraction of sp³-hybridized carbons (Fsp3) is 0.444. The molecule has 9 heteroatoms. The van der Waals surface area contributed by atoms with E-state index >= 15 is 0 Å². The standard InChI is InChI=1S/C27H31ClN6O2/c28-18-4-5-23-20(14-18)26(33-10-7-17(8-11-33)24-19(25(30)35)9-13-36-24)32-27(31-23)34-12-6-16-2-1-3-22(29)21(16)15-34/h1-5,14,17,19,24H,6-13,15,29H2,(H2,30,35)/t19-,24+/m1/s1. The molecule has 1 amide bonds. The van der Waals surface area contributed by atoms with Crippen LogP contribution in [0.2, 0.25) is 5.02 Å². The van der Waals surface area contributed by atoms with Gasteiger partial charge in [-0.15, -0.1) is 0 Å². The Labute approximate surface area is 215 Å². The number of fused-ring (bicyclic) bond motifs is 2. The first-order chi connectivity index (χ1) is 17.5. The number of amides is 1. The molecule has 36 heavy (non-hydrogen) atoms. The number of carbonyl (C=O) groups is 1. The number of nitrogen functional groups attached to an aromatic ring is 1. The Morgan fingerprint density at radius 1 is 1.06 bits per heavy atom. The molecule has 0 radical (unpaired) electrons. The summed E-state index contributed by atoms with van der Waals surface area (Å²) >= 11 is 6.39. The van der Waals surface area contributed by atoms with Gasteiger partial charge in [0.2, 0.25) is 11.9 Å². The zero-order chi connectivity index (χ0) is 24.8. The van der Waals surface area contributed by atoms with E-state index in [2.05, 4.69) is 15.9 Å². The molecule has 4 heterocycles. The van der Waals surface area contributed by atoms with Gasteiger partial charge < -0.3 is 26.0 Å². The number of rotatable bonds is 4. The maximum atomic E-state index is 11.9. The summed E-state index contributed by atoms with van der Waals surface area (Å²) in [6, 6.07) is 11.9. The zero-order valence-electron chi connectivity index (χ0n) is 20.2. The zero-order valence-corrected chi connectivity index (χ0v) is 21.0. The highest BCUT2D eigenvalue weighted by Gasteiger charge is 2.39. The van der Waals surface area contributed by atoms with E-state index in [-0.39, 0.29) is 17.9 Å². The van der Waals surface area contributed by atoms with Gasteiger partial charge in [0, 0.05) is 48.9 Å². The number of hydrogen-bond acceptors (Lipinski definition) is 7. The summed E-state index contributed by atoms with van der Waals surface area (Å²) in [5.41, 5.74) is 16.1. The molecule has 2 atom stereocenters. The van der Waals surface area contributed by atoms with Gasteiger partial charge in [-0.2, -0.15) is 4.98 Å². The minimum Gasteiger partial charge on any atom is -0.398 e. The first kappa shape index (κ1) is 23.3. The Morgan fingerprint density at radius 3 is 2.69 bits per heavy atom. The molecule has 3 aromatic rings. The monoisotopic (exact) mass is 506 g/mol. The fourth-order valence-electron chi connectivity index (χ4n) is 6.05. The molecule has 0 unspecified atom stereocenters. The molecule has 0 spiro atoms. The second-order valence-electron chi connectivity index (χ2n) is 10.1. The van der Waals surface area contributed by atoms with Crippen LogP contribution in [-0.2, 0) is 22.5 Å². The Hall–Kier alpha value is -3.10. The van der Waals surface area contributed by atoms with Gasteiger partial charge in [-0.1, -0.05) is 23.7 Å². The Bertz CT molecular complexity index is 1310. The maximum Gasteiger partial charge on any atom is 0.228 e. The van der Waals surface area contributed by atoms with Crippen molar-refractivity contribution in [3.63, 3.8) is 0 Å². The smallest absolute Gasteiger partial charge is 0.228 e. The highest BCUT2D eigenvalue weighted by molar-refractivity contribution is 6.31. The second-order valence-corrected chi connectivity index (χ2v) is 10.6. The summed E-state index contributed by atoms with van der Waals surface area (Å²) in [6.07, 6.45) is 3.40. The van der Waals surface area contributed by atoms with E-state index in [1.165, 1.54) is 5.56 Å². The summed E-state index contributed by atoms with van der Waals surface area (Å²) < 4.78 is 5.95. The molecule has 0 saturated carbocycles. The van der Waals surface area contributed by atoms with Crippen LogP contribution in [0.4, 0.5) is 17.5 Å². The number of piperidine rings is 1. The summed E-state index contributed by atoms with van der Waals surface area (Å²) in [5, 5.41) is 1.62. The van der Waals surface area contributed by atoms with Gasteiger partial charge in [0.15, 0.2) is 0 Å². The number of ether oxygens (including phenoxy) is 1. The van der Waals surface area contributed by atoms with Crippen molar-refractivity contribution in [1.29, 1.82) is 0 Å². The minimum atomic E-state index is -0.246. The number of anilines is 3. The van der Waals surface area contributed by atoms with Crippen molar-refractivity contribution < 1.29 is 9.53 Å². The average Bonchev–Trinajstić information content (AvgIpc) is 3.39. The number of benzene rings is 2. The summed E-state index contributed by atoms with van der Waals surface area (Å²) in [7, 11) is 0. The van der Waals surface area contributed by atoms with Crippen molar-refractivity contribution >= 4 is 45.9 Å². The van der Waals surface area contributed by atoms with Gasteiger partial charge >= 0.3 is 0 Å². The molecular weight excluding hydrogens is 476 g/mol. The molecule has 1 aromatic heterocycles. The van der Waals surface area contributed by atoms with Crippen LogP contribution in [0.5, 0.6) is 0 Å². The highest BCUT2D eigenvalue weighted by Crippen LogP contribution is 2.37. The average molecular weight is 507 g/mol. The van der Waals surface area contributed by atoms with Crippen molar-refractivity contribution in [3.8, 4) is 0 Å². The first-order valence-electron chi connectivity index (χ1n) is 12.7. The van der Waals surface area contributed by atoms with Crippen LogP contribution >= 0.6 is 11.6 Å². The van der Waals surface area contributed by atoms with Gasteiger partial charge in [0.05, 0.1) is 17.5 Å². The van der Waals surface area contributed by atoms with Crippen molar-refractivity contribution in [3.05, 3.63) is 52.5 Å². The van der Waals surface area contributed by atoms with Crippen LogP contribution < -0.4 is 21.3 Å². The van der Waals surface area contributed by atoms with Gasteiger partial charge in [0.25, 0.3) is 0 Å². The topological polar surface area (TPSA) is 111 Å². The van der Waals surface area contributed by atoms with E-state index in [1.807, 2.05) is 30.3 Å². The molecule has 3 aliphatic rings. The van der Waals surface area contributed by atoms with Crippen molar-refractivity contribution in [1.82, 2.24) is 9.97 Å². The van der Waals surface area contributed by atoms with E-state index < -0.39 is 0 Å². The molecule has 4 N–H and O–H groups in total. The molecular formula is C27H31ClN6O2. The lowest BCUT2D eigenvalue weighted by Gasteiger charge is -2.37. The molecule has 8 nitrogen and oxygen atoms in total. The molecule has 6 rings (SSSR count). The number of primary amides is 1. The molecule has 0 aliphatic carbocycles. The normalized spacial score (nSPS) is 22.7. The number of aromatic nitrogens is 2. The third kappa shape index (κ3) is 4.22. The Morgan fingerprint density at radius 2 is 1.89 bits per heavy atom. The van der Waals surface area contributed by atoms with Crippen molar-refractivity contribution in [2.75, 3.05) is 41.8 Å². The van der Waals surface area contributed by atoms with E-state index in [9.17, 15) is 4.79 Å². The lowest BCUT2D eigenvalue weighted by atomic mass is 9.84. The van der Waals surface area contributed by atoms with Crippen molar-refractivity contribution in [2.24, 2.45) is 17.6 Å². The Balaban J connectivity index is 1.29. The third-order valence-electron chi connectivity index (χ3n) is 8.02. The van der Waals surface area contributed by atoms with Crippen LogP contribution in [0, 0.1) is 11.8 Å². The van der Waals surface area contributed by atoms with E-state index in [0.717, 1.165) is 73.3 Å². The van der Waals surface area contributed by atoms with Crippen LogP contribution in [-0.4, -0.2) is 48.2 Å². The lowest BCUT2D eigenvalue weighted by Crippen LogP contribution is -2.42. The predicted octanol–water partition coefficient (Wildman–Crippen LogP) is 3.53. The van der Waals surface area contributed by atoms with Gasteiger partial charge in [-0.25, -0.2) is 4.98 Å². The van der Waals surface area contributed by atoms with Crippen LogP contribution in [0.15, 0.2) is 36.4 Å². The SMILES string of the molecule is NC(=O)[C@@H]1CCO[C@H]1C1CCN(c2nc(N3CCc4cccc(N)c4C3)nc3ccc(Cl)cc23)CC1.